The Kier molecular flexibility index (Phi) is 3.78. The largest absolute Gasteiger partial charge is 0.366 e. The molecular formula is C19H20N4O. The molecule has 24 heavy (non-hydrogen) atoms. The second-order valence-electron chi connectivity index (χ2n) is 6.32. The summed E-state index contributed by atoms with van der Waals surface area (Å²) in [4.78, 5) is 11.5. The second-order valence-corrected chi connectivity index (χ2v) is 6.32. The van der Waals surface area contributed by atoms with Crippen molar-refractivity contribution in [2.24, 2.45) is 5.73 Å². The fraction of sp³-hybridized carbons (Fsp3) is 0.263. The van der Waals surface area contributed by atoms with Crippen molar-refractivity contribution in [2.45, 2.75) is 18.8 Å². The Morgan fingerprint density at radius 3 is 2.75 bits per heavy atom. The van der Waals surface area contributed by atoms with Gasteiger partial charge in [-0.25, -0.2) is 4.68 Å². The Hall–Kier alpha value is -2.66. The van der Waals surface area contributed by atoms with Crippen molar-refractivity contribution in [2.75, 3.05) is 13.1 Å². The number of rotatable bonds is 3. The molecule has 1 fully saturated rings. The van der Waals surface area contributed by atoms with Crippen molar-refractivity contribution in [3.8, 4) is 5.69 Å². The lowest BCUT2D eigenvalue weighted by Gasteiger charge is -2.23. The normalized spacial score (nSPS) is 17.9. The number of benzene rings is 2. The number of nitrogens with two attached hydrogens (primary N) is 1. The number of amides is 1. The Labute approximate surface area is 140 Å². The van der Waals surface area contributed by atoms with Gasteiger partial charge in [0.1, 0.15) is 5.52 Å². The van der Waals surface area contributed by atoms with Gasteiger partial charge in [-0.1, -0.05) is 24.3 Å². The molecule has 0 radical (unpaired) electrons. The van der Waals surface area contributed by atoms with Crippen LogP contribution in [0.15, 0.2) is 48.7 Å². The van der Waals surface area contributed by atoms with Crippen LogP contribution in [0.4, 0.5) is 0 Å². The number of primary amides is 1. The van der Waals surface area contributed by atoms with Crippen molar-refractivity contribution in [3.63, 3.8) is 0 Å². The van der Waals surface area contributed by atoms with Crippen LogP contribution in [0.5, 0.6) is 0 Å². The summed E-state index contributed by atoms with van der Waals surface area (Å²) in [5.74, 6) is 0.136. The first kappa shape index (κ1) is 14.9. The molecule has 0 unspecified atom stereocenters. The SMILES string of the molecule is NC(=O)c1cccc2cn(-c3ccc([C@H]4CCCNC4)cc3)nc12. The van der Waals surface area contributed by atoms with Crippen LogP contribution in [-0.4, -0.2) is 28.8 Å². The molecule has 5 nitrogen and oxygen atoms in total. The van der Waals surface area contributed by atoms with Crippen LogP contribution in [0.25, 0.3) is 16.6 Å². The van der Waals surface area contributed by atoms with Crippen molar-refractivity contribution in [3.05, 3.63) is 59.8 Å². The summed E-state index contributed by atoms with van der Waals surface area (Å²) >= 11 is 0. The molecule has 2 aromatic carbocycles. The Balaban J connectivity index is 1.67. The Morgan fingerprint density at radius 1 is 1.21 bits per heavy atom. The zero-order valence-electron chi connectivity index (χ0n) is 13.4. The zero-order valence-corrected chi connectivity index (χ0v) is 13.4. The van der Waals surface area contributed by atoms with Crippen molar-refractivity contribution in [1.29, 1.82) is 0 Å². The summed E-state index contributed by atoms with van der Waals surface area (Å²) < 4.78 is 1.81. The lowest BCUT2D eigenvalue weighted by Crippen LogP contribution is -2.28. The molecule has 0 saturated carbocycles. The van der Waals surface area contributed by atoms with Gasteiger partial charge in [0.05, 0.1) is 11.3 Å². The van der Waals surface area contributed by atoms with Gasteiger partial charge in [-0.05, 0) is 49.1 Å². The van der Waals surface area contributed by atoms with Gasteiger partial charge in [-0.15, -0.1) is 0 Å². The van der Waals surface area contributed by atoms with E-state index in [1.165, 1.54) is 18.4 Å². The van der Waals surface area contributed by atoms with Crippen LogP contribution in [0.2, 0.25) is 0 Å². The van der Waals surface area contributed by atoms with E-state index in [1.54, 1.807) is 10.7 Å². The van der Waals surface area contributed by atoms with E-state index in [-0.39, 0.29) is 0 Å². The van der Waals surface area contributed by atoms with E-state index < -0.39 is 5.91 Å². The minimum absolute atomic E-state index is 0.453. The third-order valence-electron chi connectivity index (χ3n) is 4.73. The molecule has 1 atom stereocenters. The number of nitrogens with one attached hydrogen (secondary N) is 1. The fourth-order valence-corrected chi connectivity index (χ4v) is 3.41. The highest BCUT2D eigenvalue weighted by Gasteiger charge is 2.15. The molecule has 1 saturated heterocycles. The van der Waals surface area contributed by atoms with Gasteiger partial charge in [0.15, 0.2) is 0 Å². The number of carbonyl (C=O) groups is 1. The number of hydrogen-bond donors (Lipinski definition) is 2. The molecule has 1 aliphatic rings. The quantitative estimate of drug-likeness (QED) is 0.779. The lowest BCUT2D eigenvalue weighted by atomic mass is 9.92. The van der Waals surface area contributed by atoms with Crippen molar-refractivity contribution < 1.29 is 4.79 Å². The highest BCUT2D eigenvalue weighted by molar-refractivity contribution is 6.04. The molecule has 4 rings (SSSR count). The summed E-state index contributed by atoms with van der Waals surface area (Å²) in [5, 5.41) is 8.91. The number of carbonyl (C=O) groups excluding carboxylic acids is 1. The maximum absolute atomic E-state index is 11.5. The maximum Gasteiger partial charge on any atom is 0.250 e. The van der Waals surface area contributed by atoms with Crippen LogP contribution in [0.1, 0.15) is 34.7 Å². The van der Waals surface area contributed by atoms with E-state index >= 15 is 0 Å². The molecule has 5 heteroatoms. The summed E-state index contributed by atoms with van der Waals surface area (Å²) in [6.07, 6.45) is 4.39. The topological polar surface area (TPSA) is 72.9 Å². The third kappa shape index (κ3) is 2.67. The average molecular weight is 320 g/mol. The smallest absolute Gasteiger partial charge is 0.250 e. The molecule has 2 heterocycles. The Bertz CT molecular complexity index is 876. The highest BCUT2D eigenvalue weighted by Crippen LogP contribution is 2.25. The molecular weight excluding hydrogens is 300 g/mol. The number of hydrogen-bond acceptors (Lipinski definition) is 3. The van der Waals surface area contributed by atoms with Gasteiger partial charge in [0.25, 0.3) is 5.91 Å². The first-order chi connectivity index (χ1) is 11.7. The first-order valence-corrected chi connectivity index (χ1v) is 8.31. The molecule has 0 bridgehead atoms. The van der Waals surface area contributed by atoms with Gasteiger partial charge in [-0.3, -0.25) is 4.79 Å². The highest BCUT2D eigenvalue weighted by atomic mass is 16.1. The van der Waals surface area contributed by atoms with Crippen LogP contribution in [0, 0.1) is 0 Å². The van der Waals surface area contributed by atoms with E-state index in [9.17, 15) is 4.79 Å². The van der Waals surface area contributed by atoms with Crippen LogP contribution in [-0.2, 0) is 0 Å². The van der Waals surface area contributed by atoms with Crippen LogP contribution < -0.4 is 11.1 Å². The average Bonchev–Trinajstić information content (AvgIpc) is 3.06. The second kappa shape index (κ2) is 6.09. The predicted octanol–water partition coefficient (Wildman–Crippen LogP) is 2.59. The number of aromatic nitrogens is 2. The number of piperidine rings is 1. The third-order valence-corrected chi connectivity index (χ3v) is 4.73. The zero-order chi connectivity index (χ0) is 16.5. The van der Waals surface area contributed by atoms with E-state index in [1.807, 2.05) is 18.3 Å². The minimum Gasteiger partial charge on any atom is -0.366 e. The maximum atomic E-state index is 11.5. The van der Waals surface area contributed by atoms with Crippen LogP contribution in [0.3, 0.4) is 0 Å². The number of fused-ring (bicyclic) bond motifs is 1. The van der Waals surface area contributed by atoms with Crippen molar-refractivity contribution >= 4 is 16.8 Å². The van der Waals surface area contributed by atoms with Gasteiger partial charge in [-0.2, -0.15) is 5.10 Å². The monoisotopic (exact) mass is 320 g/mol. The van der Waals surface area contributed by atoms with Gasteiger partial charge in [0, 0.05) is 18.1 Å². The first-order valence-electron chi connectivity index (χ1n) is 8.31. The summed E-state index contributed by atoms with van der Waals surface area (Å²) in [6.45, 7) is 2.17. The van der Waals surface area contributed by atoms with Gasteiger partial charge in [0.2, 0.25) is 0 Å². The molecule has 1 aliphatic heterocycles. The molecule has 0 aliphatic carbocycles. The fourth-order valence-electron chi connectivity index (χ4n) is 3.41. The summed E-state index contributed by atoms with van der Waals surface area (Å²) in [7, 11) is 0. The molecule has 122 valence electrons. The predicted molar refractivity (Wildman–Crippen MR) is 94.4 cm³/mol. The van der Waals surface area contributed by atoms with Crippen LogP contribution >= 0.6 is 0 Å². The number of nitrogens with zero attached hydrogens (tertiary/aromatic N) is 2. The molecule has 1 amide bonds. The van der Waals surface area contributed by atoms with Gasteiger partial charge >= 0.3 is 0 Å². The Morgan fingerprint density at radius 2 is 2.04 bits per heavy atom. The van der Waals surface area contributed by atoms with E-state index in [0.29, 0.717) is 17.0 Å². The molecule has 3 N–H and O–H groups in total. The van der Waals surface area contributed by atoms with Crippen molar-refractivity contribution in [1.82, 2.24) is 15.1 Å². The lowest BCUT2D eigenvalue weighted by molar-refractivity contribution is 0.100. The summed E-state index contributed by atoms with van der Waals surface area (Å²) in [6, 6.07) is 14.0. The summed E-state index contributed by atoms with van der Waals surface area (Å²) in [5.41, 5.74) is 8.88. The molecule has 3 aromatic rings. The molecule has 1 aromatic heterocycles. The van der Waals surface area contributed by atoms with Gasteiger partial charge < -0.3 is 11.1 Å². The van der Waals surface area contributed by atoms with E-state index in [2.05, 4.69) is 34.7 Å². The minimum atomic E-state index is -0.453. The van der Waals surface area contributed by atoms with E-state index in [4.69, 9.17) is 5.73 Å². The molecule has 0 spiro atoms. The standard InChI is InChI=1S/C19H20N4O/c20-19(24)17-5-1-3-15-12-23(22-18(15)17)16-8-6-13(7-9-16)14-4-2-10-21-11-14/h1,3,5-9,12,14,21H,2,4,10-11H2,(H2,20,24)/t14-/m0/s1. The van der Waals surface area contributed by atoms with E-state index in [0.717, 1.165) is 24.2 Å².